The number of anilines is 2. The van der Waals surface area contributed by atoms with Gasteiger partial charge in [0.2, 0.25) is 5.91 Å². The number of likely N-dealkylation sites (N-methyl/N-ethyl adjacent to an activating group) is 2. The summed E-state index contributed by atoms with van der Waals surface area (Å²) >= 11 is 0. The smallest absolute Gasteiger partial charge is 0.319 e. The second-order valence-corrected chi connectivity index (χ2v) is 14.1. The van der Waals surface area contributed by atoms with Gasteiger partial charge in [0.15, 0.2) is 5.82 Å². The van der Waals surface area contributed by atoms with Gasteiger partial charge in [-0.05, 0) is 56.8 Å². The average molecular weight is 688 g/mol. The average Bonchev–Trinajstić information content (AvgIpc) is 3.81. The quantitative estimate of drug-likeness (QED) is 0.268. The fraction of sp³-hybridized carbons (Fsp3) is 0.472. The standard InChI is InChI=1S/C36H40F3N9O2/c1-45-13-9-23(45)7-8-28(49)47-14-10-24(19-47)46(2)34-25-17-41-33(32-29-21(15-27(40)42-32)5-3-6-26(29)38)30(39)31(25)43-35(44-34)50-20-36-11-4-12-48(36)18-22(37)16-36/h3,5-8,15,17,22-24H,4,9-14,16,18-20H2,1-2H3,(H2,40,42)/b8-7+/t22-,23+,24-,36+/m1/s1. The largest absolute Gasteiger partial charge is 0.461 e. The fourth-order valence-corrected chi connectivity index (χ4v) is 8.14. The number of nitrogens with two attached hydrogens (primary N) is 1. The molecule has 14 heteroatoms. The number of hydrogen-bond acceptors (Lipinski definition) is 10. The number of rotatable bonds is 8. The first-order valence-electron chi connectivity index (χ1n) is 17.2. The number of aromatic nitrogens is 4. The van der Waals surface area contributed by atoms with Crippen LogP contribution in [0.2, 0.25) is 0 Å². The van der Waals surface area contributed by atoms with Gasteiger partial charge in [0.25, 0.3) is 0 Å². The number of nitrogen functional groups attached to an aromatic ring is 1. The lowest BCUT2D eigenvalue weighted by Crippen LogP contribution is -2.43. The maximum Gasteiger partial charge on any atom is 0.319 e. The predicted octanol–water partition coefficient (Wildman–Crippen LogP) is 4.35. The van der Waals surface area contributed by atoms with Gasteiger partial charge >= 0.3 is 6.01 Å². The molecule has 0 bridgehead atoms. The van der Waals surface area contributed by atoms with E-state index in [9.17, 15) is 9.18 Å². The summed E-state index contributed by atoms with van der Waals surface area (Å²) in [7, 11) is 3.88. The number of carbonyl (C=O) groups is 1. The number of ether oxygens (including phenoxy) is 1. The van der Waals surface area contributed by atoms with E-state index in [2.05, 4.69) is 24.8 Å². The molecular formula is C36H40F3N9O2. The van der Waals surface area contributed by atoms with Crippen molar-refractivity contribution < 1.29 is 22.7 Å². The van der Waals surface area contributed by atoms with E-state index in [1.165, 1.54) is 18.3 Å². The molecule has 0 radical (unpaired) electrons. The molecule has 4 saturated heterocycles. The van der Waals surface area contributed by atoms with Gasteiger partial charge in [-0.1, -0.05) is 18.2 Å². The van der Waals surface area contributed by atoms with Crippen molar-refractivity contribution >= 4 is 39.2 Å². The van der Waals surface area contributed by atoms with E-state index >= 15 is 8.78 Å². The number of amides is 1. The summed E-state index contributed by atoms with van der Waals surface area (Å²) in [6.45, 7) is 3.34. The van der Waals surface area contributed by atoms with Crippen molar-refractivity contribution in [2.75, 3.05) is 64.1 Å². The van der Waals surface area contributed by atoms with E-state index in [-0.39, 0.29) is 58.7 Å². The topological polar surface area (TPSA) is 117 Å². The summed E-state index contributed by atoms with van der Waals surface area (Å²) in [5, 5.41) is 0.864. The molecule has 3 aromatic heterocycles. The molecule has 4 atom stereocenters. The highest BCUT2D eigenvalue weighted by Crippen LogP contribution is 2.41. The van der Waals surface area contributed by atoms with Crippen LogP contribution in [-0.4, -0.2) is 118 Å². The summed E-state index contributed by atoms with van der Waals surface area (Å²) in [6.07, 6.45) is 7.92. The van der Waals surface area contributed by atoms with Crippen LogP contribution in [0.3, 0.4) is 0 Å². The molecule has 0 aliphatic carbocycles. The molecule has 1 amide bonds. The van der Waals surface area contributed by atoms with Crippen molar-refractivity contribution in [3.63, 3.8) is 0 Å². The van der Waals surface area contributed by atoms with Gasteiger partial charge in [-0.3, -0.25) is 19.6 Å². The molecule has 8 rings (SSSR count). The van der Waals surface area contributed by atoms with Gasteiger partial charge in [-0.15, -0.1) is 0 Å². The van der Waals surface area contributed by atoms with E-state index < -0.39 is 23.3 Å². The van der Waals surface area contributed by atoms with Crippen LogP contribution in [0.25, 0.3) is 33.1 Å². The number of halogens is 3. The minimum Gasteiger partial charge on any atom is -0.461 e. The Morgan fingerprint density at radius 3 is 2.80 bits per heavy atom. The monoisotopic (exact) mass is 687 g/mol. The third kappa shape index (κ3) is 5.67. The van der Waals surface area contributed by atoms with Crippen LogP contribution < -0.4 is 15.4 Å². The zero-order valence-corrected chi connectivity index (χ0v) is 28.2. The maximum absolute atomic E-state index is 16.8. The van der Waals surface area contributed by atoms with Gasteiger partial charge < -0.3 is 20.3 Å². The molecular weight excluding hydrogens is 647 g/mol. The first kappa shape index (κ1) is 32.6. The molecule has 4 aliphatic heterocycles. The summed E-state index contributed by atoms with van der Waals surface area (Å²) in [5.41, 5.74) is 5.26. The molecule has 2 N–H and O–H groups in total. The van der Waals surface area contributed by atoms with Crippen molar-refractivity contribution in [3.8, 4) is 17.4 Å². The molecule has 0 spiro atoms. The number of fused-ring (bicyclic) bond motifs is 3. The lowest BCUT2D eigenvalue weighted by Gasteiger charge is -2.35. The fourth-order valence-electron chi connectivity index (χ4n) is 8.14. The lowest BCUT2D eigenvalue weighted by molar-refractivity contribution is -0.125. The number of carbonyl (C=O) groups excluding carboxylic acids is 1. The Labute approximate surface area is 287 Å². The summed E-state index contributed by atoms with van der Waals surface area (Å²) in [5.74, 6) is -0.999. The van der Waals surface area contributed by atoms with Crippen molar-refractivity contribution in [1.29, 1.82) is 0 Å². The highest BCUT2D eigenvalue weighted by Gasteiger charge is 2.49. The van der Waals surface area contributed by atoms with Crippen molar-refractivity contribution in [2.45, 2.75) is 55.9 Å². The SMILES string of the molecule is CN1CC[C@@H]1/C=C/C(=O)N1CC[C@@H](N(C)c2nc(OC[C@@]34CCCN3C[C@H](F)C4)nc3c(F)c(-c4nc(N)cc5cccc(F)c45)ncc23)C1. The first-order chi connectivity index (χ1) is 24.1. The lowest BCUT2D eigenvalue weighted by atomic mass is 9.95. The number of hydrogen-bond donors (Lipinski definition) is 1. The molecule has 0 saturated carbocycles. The number of alkyl halides is 1. The maximum atomic E-state index is 16.8. The van der Waals surface area contributed by atoms with Gasteiger partial charge in [-0.25, -0.2) is 18.2 Å². The van der Waals surface area contributed by atoms with E-state index in [1.54, 1.807) is 23.1 Å². The molecule has 11 nitrogen and oxygen atoms in total. The van der Waals surface area contributed by atoms with Crippen molar-refractivity contribution in [1.82, 2.24) is 34.6 Å². The minimum atomic E-state index is -0.942. The third-order valence-corrected chi connectivity index (χ3v) is 11.1. The zero-order valence-electron chi connectivity index (χ0n) is 28.2. The molecule has 4 fully saturated rings. The summed E-state index contributed by atoms with van der Waals surface area (Å²) in [4.78, 5) is 39.2. The second kappa shape index (κ2) is 12.6. The molecule has 50 heavy (non-hydrogen) atoms. The van der Waals surface area contributed by atoms with E-state index in [4.69, 9.17) is 15.5 Å². The van der Waals surface area contributed by atoms with Gasteiger partial charge in [0, 0.05) is 69.4 Å². The van der Waals surface area contributed by atoms with Crippen LogP contribution in [0.4, 0.5) is 24.8 Å². The van der Waals surface area contributed by atoms with Crippen LogP contribution >= 0.6 is 0 Å². The van der Waals surface area contributed by atoms with Gasteiger partial charge in [-0.2, -0.15) is 9.97 Å². The van der Waals surface area contributed by atoms with Crippen LogP contribution in [0, 0.1) is 11.6 Å². The van der Waals surface area contributed by atoms with Crippen LogP contribution in [0.15, 0.2) is 42.6 Å². The Bertz CT molecular complexity index is 2010. The summed E-state index contributed by atoms with van der Waals surface area (Å²) in [6, 6.07) is 6.11. The highest BCUT2D eigenvalue weighted by atomic mass is 19.1. The number of likely N-dealkylation sites (tertiary alicyclic amines) is 2. The van der Waals surface area contributed by atoms with Crippen molar-refractivity contribution in [3.05, 3.63) is 54.2 Å². The van der Waals surface area contributed by atoms with Crippen LogP contribution in [-0.2, 0) is 4.79 Å². The Balaban J connectivity index is 1.16. The highest BCUT2D eigenvalue weighted by molar-refractivity contribution is 5.99. The molecule has 4 aliphatic rings. The van der Waals surface area contributed by atoms with Gasteiger partial charge in [0.05, 0.1) is 10.9 Å². The Morgan fingerprint density at radius 2 is 2.00 bits per heavy atom. The normalized spacial score (nSPS) is 25.5. The number of pyridine rings is 2. The molecule has 4 aromatic rings. The Morgan fingerprint density at radius 1 is 1.14 bits per heavy atom. The van der Waals surface area contributed by atoms with Crippen LogP contribution in [0.1, 0.15) is 32.1 Å². The number of benzene rings is 1. The first-order valence-corrected chi connectivity index (χ1v) is 17.2. The third-order valence-electron chi connectivity index (χ3n) is 11.1. The zero-order chi connectivity index (χ0) is 34.7. The Kier molecular flexibility index (Phi) is 8.25. The van der Waals surface area contributed by atoms with E-state index in [0.717, 1.165) is 32.4 Å². The second-order valence-electron chi connectivity index (χ2n) is 14.1. The molecule has 0 unspecified atom stereocenters. The molecule has 7 heterocycles. The van der Waals surface area contributed by atoms with E-state index in [1.807, 2.05) is 25.1 Å². The Hall–Kier alpha value is -4.56. The minimum absolute atomic E-state index is 0.0417. The van der Waals surface area contributed by atoms with Crippen LogP contribution in [0.5, 0.6) is 6.01 Å². The number of nitrogens with zero attached hydrogens (tertiary/aromatic N) is 8. The molecule has 1 aromatic carbocycles. The van der Waals surface area contributed by atoms with Crippen molar-refractivity contribution in [2.24, 2.45) is 0 Å². The van der Waals surface area contributed by atoms with Gasteiger partial charge in [0.1, 0.15) is 47.1 Å². The van der Waals surface area contributed by atoms with E-state index in [0.29, 0.717) is 49.1 Å². The predicted molar refractivity (Wildman–Crippen MR) is 185 cm³/mol. The summed E-state index contributed by atoms with van der Waals surface area (Å²) < 4.78 is 52.7. The molecule has 262 valence electrons.